The molecule has 1 aliphatic carbocycles. The Morgan fingerprint density at radius 1 is 1.50 bits per heavy atom. The van der Waals surface area contributed by atoms with E-state index in [9.17, 15) is 5.11 Å². The number of aromatic nitrogens is 1. The van der Waals surface area contributed by atoms with Gasteiger partial charge in [0, 0.05) is 12.6 Å². The van der Waals surface area contributed by atoms with Gasteiger partial charge in [-0.15, -0.1) is 0 Å². The summed E-state index contributed by atoms with van der Waals surface area (Å²) in [4.78, 5) is 8.40. The van der Waals surface area contributed by atoms with Gasteiger partial charge in [-0.05, 0) is 37.5 Å². The van der Waals surface area contributed by atoms with Crippen molar-refractivity contribution in [2.24, 2.45) is 5.92 Å². The molecule has 0 aromatic carbocycles. The van der Waals surface area contributed by atoms with Gasteiger partial charge < -0.3 is 10.0 Å². The summed E-state index contributed by atoms with van der Waals surface area (Å²) in [7, 11) is 0. The van der Waals surface area contributed by atoms with Crippen LogP contribution in [0.2, 0.25) is 0 Å². The summed E-state index contributed by atoms with van der Waals surface area (Å²) >= 11 is 1.70. The number of rotatable bonds is 4. The van der Waals surface area contributed by atoms with Crippen molar-refractivity contribution in [1.29, 1.82) is 0 Å². The van der Waals surface area contributed by atoms with Gasteiger partial charge in [-0.1, -0.05) is 25.2 Å². The molecule has 1 N–H and O–H groups in total. The third kappa shape index (κ3) is 1.95. The maximum Gasteiger partial charge on any atom is 0.186 e. The van der Waals surface area contributed by atoms with Gasteiger partial charge in [0.25, 0.3) is 0 Å². The standard InChI is InChI=1S/C14H22N2OS/c1-3-9(2)13-12(8-17)18-14(15-13)16-7-10-4-5-11(16)6-10/h9-11,17H,3-8H2,1-2H3. The lowest BCUT2D eigenvalue weighted by molar-refractivity contribution is 0.283. The van der Waals surface area contributed by atoms with Crippen LogP contribution in [-0.2, 0) is 6.61 Å². The number of aliphatic hydroxyl groups excluding tert-OH is 1. The number of fused-ring (bicyclic) bond motifs is 2. The van der Waals surface area contributed by atoms with Gasteiger partial charge in [0.2, 0.25) is 0 Å². The molecule has 100 valence electrons. The van der Waals surface area contributed by atoms with Crippen molar-refractivity contribution in [3.05, 3.63) is 10.6 Å². The zero-order valence-corrected chi connectivity index (χ0v) is 12.0. The largest absolute Gasteiger partial charge is 0.391 e. The van der Waals surface area contributed by atoms with E-state index in [1.54, 1.807) is 11.3 Å². The Hall–Kier alpha value is -0.610. The first-order valence-electron chi connectivity index (χ1n) is 7.10. The summed E-state index contributed by atoms with van der Waals surface area (Å²) in [5.74, 6) is 1.35. The second-order valence-electron chi connectivity index (χ2n) is 5.76. The van der Waals surface area contributed by atoms with Crippen molar-refractivity contribution in [2.75, 3.05) is 11.4 Å². The molecule has 1 aromatic rings. The third-order valence-corrected chi connectivity index (χ3v) is 5.69. The molecule has 2 bridgehead atoms. The van der Waals surface area contributed by atoms with Crippen LogP contribution in [0.4, 0.5) is 5.13 Å². The summed E-state index contributed by atoms with van der Waals surface area (Å²) in [5.41, 5.74) is 1.13. The lowest BCUT2D eigenvalue weighted by Gasteiger charge is -2.26. The first kappa shape index (κ1) is 12.4. The van der Waals surface area contributed by atoms with Crippen LogP contribution in [-0.4, -0.2) is 22.7 Å². The van der Waals surface area contributed by atoms with Gasteiger partial charge >= 0.3 is 0 Å². The van der Waals surface area contributed by atoms with Crippen LogP contribution >= 0.6 is 11.3 Å². The minimum Gasteiger partial charge on any atom is -0.391 e. The van der Waals surface area contributed by atoms with Crippen molar-refractivity contribution >= 4 is 16.5 Å². The smallest absolute Gasteiger partial charge is 0.186 e. The van der Waals surface area contributed by atoms with Gasteiger partial charge in [-0.25, -0.2) is 4.98 Å². The van der Waals surface area contributed by atoms with E-state index < -0.39 is 0 Å². The fourth-order valence-electron chi connectivity index (χ4n) is 3.32. The number of anilines is 1. The van der Waals surface area contributed by atoms with E-state index >= 15 is 0 Å². The Labute approximate surface area is 113 Å². The summed E-state index contributed by atoms with van der Waals surface area (Å²) in [5, 5.41) is 10.7. The van der Waals surface area contributed by atoms with E-state index in [0.717, 1.165) is 34.1 Å². The molecule has 0 radical (unpaired) electrons. The van der Waals surface area contributed by atoms with Crippen LogP contribution in [0, 0.1) is 5.92 Å². The summed E-state index contributed by atoms with van der Waals surface area (Å²) in [6.07, 6.45) is 5.17. The molecule has 3 rings (SSSR count). The molecule has 0 amide bonds. The van der Waals surface area contributed by atoms with E-state index in [2.05, 4.69) is 18.7 Å². The summed E-state index contributed by atoms with van der Waals surface area (Å²) < 4.78 is 0. The normalized spacial score (nSPS) is 28.1. The molecule has 2 heterocycles. The molecular weight excluding hydrogens is 244 g/mol. The molecule has 3 unspecified atom stereocenters. The van der Waals surface area contributed by atoms with Gasteiger partial charge in [0.1, 0.15) is 0 Å². The highest BCUT2D eigenvalue weighted by molar-refractivity contribution is 7.15. The zero-order chi connectivity index (χ0) is 12.7. The van der Waals surface area contributed by atoms with Crippen LogP contribution < -0.4 is 4.90 Å². The van der Waals surface area contributed by atoms with E-state index in [-0.39, 0.29) is 6.61 Å². The van der Waals surface area contributed by atoms with E-state index in [1.807, 2.05) is 0 Å². The monoisotopic (exact) mass is 266 g/mol. The van der Waals surface area contributed by atoms with E-state index in [4.69, 9.17) is 4.98 Å². The Bertz CT molecular complexity index is 431. The second kappa shape index (κ2) is 4.82. The topological polar surface area (TPSA) is 36.4 Å². The Kier molecular flexibility index (Phi) is 3.32. The molecule has 1 aliphatic heterocycles. The second-order valence-corrected chi connectivity index (χ2v) is 6.82. The maximum absolute atomic E-state index is 9.50. The first-order valence-corrected chi connectivity index (χ1v) is 7.91. The SMILES string of the molecule is CCC(C)c1nc(N2CC3CCC2C3)sc1CO. The first-order chi connectivity index (χ1) is 8.72. The van der Waals surface area contributed by atoms with Crippen LogP contribution in [0.1, 0.15) is 56.0 Å². The number of thiazole rings is 1. The molecule has 3 nitrogen and oxygen atoms in total. The van der Waals surface area contributed by atoms with Crippen LogP contribution in [0.5, 0.6) is 0 Å². The highest BCUT2D eigenvalue weighted by Crippen LogP contribution is 2.42. The van der Waals surface area contributed by atoms with Crippen LogP contribution in [0.15, 0.2) is 0 Å². The molecule has 0 spiro atoms. The van der Waals surface area contributed by atoms with Crippen LogP contribution in [0.25, 0.3) is 0 Å². The molecule has 2 aliphatic rings. The number of piperidine rings is 1. The van der Waals surface area contributed by atoms with E-state index in [1.165, 1.54) is 25.8 Å². The molecule has 1 saturated carbocycles. The van der Waals surface area contributed by atoms with Crippen molar-refractivity contribution in [3.8, 4) is 0 Å². The molecular formula is C14H22N2OS. The minimum atomic E-state index is 0.138. The lowest BCUT2D eigenvalue weighted by Crippen LogP contribution is -2.31. The lowest BCUT2D eigenvalue weighted by atomic mass is 10.0. The highest BCUT2D eigenvalue weighted by atomic mass is 32.1. The molecule has 1 saturated heterocycles. The summed E-state index contributed by atoms with van der Waals surface area (Å²) in [6, 6.07) is 0.720. The molecule has 3 atom stereocenters. The fourth-order valence-corrected chi connectivity index (χ4v) is 4.45. The van der Waals surface area contributed by atoms with E-state index in [0.29, 0.717) is 5.92 Å². The molecule has 2 fully saturated rings. The van der Waals surface area contributed by atoms with Crippen molar-refractivity contribution in [1.82, 2.24) is 4.98 Å². The average Bonchev–Trinajstić information content (AvgIpc) is 3.10. The van der Waals surface area contributed by atoms with Crippen LogP contribution in [0.3, 0.4) is 0 Å². The third-order valence-electron chi connectivity index (χ3n) is 4.59. The van der Waals surface area contributed by atoms with Gasteiger partial charge in [0.15, 0.2) is 5.13 Å². The van der Waals surface area contributed by atoms with Crippen molar-refractivity contribution in [2.45, 2.75) is 58.1 Å². The number of nitrogens with zero attached hydrogens (tertiary/aromatic N) is 2. The highest BCUT2D eigenvalue weighted by Gasteiger charge is 2.39. The Balaban J connectivity index is 1.87. The fraction of sp³-hybridized carbons (Fsp3) is 0.786. The minimum absolute atomic E-state index is 0.138. The predicted molar refractivity (Wildman–Crippen MR) is 75.2 cm³/mol. The Morgan fingerprint density at radius 3 is 2.89 bits per heavy atom. The zero-order valence-electron chi connectivity index (χ0n) is 11.2. The quantitative estimate of drug-likeness (QED) is 0.909. The van der Waals surface area contributed by atoms with Gasteiger partial charge in [-0.3, -0.25) is 0 Å². The van der Waals surface area contributed by atoms with Crippen molar-refractivity contribution < 1.29 is 5.11 Å². The number of hydrogen-bond acceptors (Lipinski definition) is 4. The maximum atomic E-state index is 9.50. The van der Waals surface area contributed by atoms with Gasteiger partial charge in [-0.2, -0.15) is 0 Å². The predicted octanol–water partition coefficient (Wildman–Crippen LogP) is 3.14. The molecule has 1 aromatic heterocycles. The number of hydrogen-bond donors (Lipinski definition) is 1. The molecule has 18 heavy (non-hydrogen) atoms. The average molecular weight is 266 g/mol. The Morgan fingerprint density at radius 2 is 2.33 bits per heavy atom. The van der Waals surface area contributed by atoms with Crippen molar-refractivity contribution in [3.63, 3.8) is 0 Å². The van der Waals surface area contributed by atoms with Gasteiger partial charge in [0.05, 0.1) is 17.2 Å². The number of aliphatic hydroxyl groups is 1. The summed E-state index contributed by atoms with van der Waals surface area (Å²) in [6.45, 7) is 5.71. The molecule has 4 heteroatoms.